The lowest BCUT2D eigenvalue weighted by Crippen LogP contribution is -1.99. The van der Waals surface area contributed by atoms with Crippen LogP contribution in [0.2, 0.25) is 0 Å². The number of aromatic nitrogens is 1. The minimum Gasteiger partial charge on any atom is -0.478 e. The highest BCUT2D eigenvalue weighted by Crippen LogP contribution is 2.22. The van der Waals surface area contributed by atoms with Gasteiger partial charge in [-0.15, -0.1) is 0 Å². The maximum atomic E-state index is 10.9. The van der Waals surface area contributed by atoms with Crippen LogP contribution in [0.4, 0.5) is 0 Å². The molecule has 1 heterocycles. The van der Waals surface area contributed by atoms with Gasteiger partial charge in [-0.1, -0.05) is 12.1 Å². The predicted molar refractivity (Wildman–Crippen MR) is 66.1 cm³/mol. The van der Waals surface area contributed by atoms with E-state index in [4.69, 9.17) is 5.11 Å². The molecule has 0 saturated carbocycles. The Balaban J connectivity index is 2.48. The normalized spacial score (nSPS) is 10.2. The van der Waals surface area contributed by atoms with E-state index in [9.17, 15) is 4.79 Å². The Kier molecular flexibility index (Phi) is 2.91. The molecule has 2 rings (SSSR count). The van der Waals surface area contributed by atoms with Gasteiger partial charge in [-0.05, 0) is 42.7 Å². The summed E-state index contributed by atoms with van der Waals surface area (Å²) in [6.45, 7) is 3.78. The molecule has 0 bridgehead atoms. The number of nitrogens with zero attached hydrogens (tertiary/aromatic N) is 1. The van der Waals surface area contributed by atoms with Gasteiger partial charge in [-0.3, -0.25) is 4.98 Å². The van der Waals surface area contributed by atoms with Crippen molar-refractivity contribution >= 4 is 5.97 Å². The smallest absolute Gasteiger partial charge is 0.335 e. The maximum absolute atomic E-state index is 10.9. The number of carboxylic acid groups (broad SMARTS) is 1. The summed E-state index contributed by atoms with van der Waals surface area (Å²) in [4.78, 5) is 15.0. The minimum atomic E-state index is -0.892. The van der Waals surface area contributed by atoms with Crippen molar-refractivity contribution in [3.8, 4) is 11.1 Å². The third-order valence-corrected chi connectivity index (χ3v) is 2.67. The van der Waals surface area contributed by atoms with Crippen molar-refractivity contribution in [2.24, 2.45) is 0 Å². The molecule has 0 unspecified atom stereocenters. The molecule has 0 aliphatic carbocycles. The molecule has 0 fully saturated rings. The number of aromatic carboxylic acids is 1. The van der Waals surface area contributed by atoms with Crippen LogP contribution in [0.15, 0.2) is 36.7 Å². The van der Waals surface area contributed by atoms with Crippen molar-refractivity contribution in [1.29, 1.82) is 0 Å². The second-order valence-corrected chi connectivity index (χ2v) is 4.09. The number of carbonyl (C=O) groups is 1. The van der Waals surface area contributed by atoms with E-state index in [-0.39, 0.29) is 0 Å². The van der Waals surface area contributed by atoms with Crippen LogP contribution >= 0.6 is 0 Å². The van der Waals surface area contributed by atoms with Gasteiger partial charge in [-0.2, -0.15) is 0 Å². The van der Waals surface area contributed by atoms with Crippen molar-refractivity contribution in [3.05, 3.63) is 53.3 Å². The molecule has 1 aromatic heterocycles. The van der Waals surface area contributed by atoms with Crippen molar-refractivity contribution in [3.63, 3.8) is 0 Å². The van der Waals surface area contributed by atoms with Crippen LogP contribution in [0, 0.1) is 13.8 Å². The average molecular weight is 227 g/mol. The highest BCUT2D eigenvalue weighted by Gasteiger charge is 2.08. The lowest BCUT2D eigenvalue weighted by Gasteiger charge is -2.06. The van der Waals surface area contributed by atoms with E-state index in [1.807, 2.05) is 25.1 Å². The molecule has 1 aromatic carbocycles. The van der Waals surface area contributed by atoms with Crippen LogP contribution in [0.1, 0.15) is 21.5 Å². The van der Waals surface area contributed by atoms with Crippen LogP contribution in [0.5, 0.6) is 0 Å². The lowest BCUT2D eigenvalue weighted by molar-refractivity contribution is 0.0696. The first kappa shape index (κ1) is 11.3. The summed E-state index contributed by atoms with van der Waals surface area (Å²) >= 11 is 0. The third-order valence-electron chi connectivity index (χ3n) is 2.67. The number of hydrogen-bond donors (Lipinski definition) is 1. The van der Waals surface area contributed by atoms with E-state index >= 15 is 0 Å². The van der Waals surface area contributed by atoms with Gasteiger partial charge in [0.05, 0.1) is 5.56 Å². The zero-order valence-electron chi connectivity index (χ0n) is 9.77. The molecular formula is C14H13NO2. The van der Waals surface area contributed by atoms with Crippen molar-refractivity contribution in [2.45, 2.75) is 13.8 Å². The fraction of sp³-hybridized carbons (Fsp3) is 0.143. The molecule has 3 heteroatoms. The fourth-order valence-electron chi connectivity index (χ4n) is 1.80. The predicted octanol–water partition coefficient (Wildman–Crippen LogP) is 3.06. The third kappa shape index (κ3) is 2.33. The number of benzene rings is 1. The first-order valence-corrected chi connectivity index (χ1v) is 5.34. The van der Waals surface area contributed by atoms with Crippen LogP contribution in [-0.2, 0) is 0 Å². The van der Waals surface area contributed by atoms with Gasteiger partial charge in [0, 0.05) is 18.0 Å². The molecule has 0 radical (unpaired) electrons. The van der Waals surface area contributed by atoms with Crippen LogP contribution in [0.3, 0.4) is 0 Å². The van der Waals surface area contributed by atoms with Gasteiger partial charge < -0.3 is 5.11 Å². The number of carboxylic acids is 1. The summed E-state index contributed by atoms with van der Waals surface area (Å²) in [6.07, 6.45) is 3.57. The van der Waals surface area contributed by atoms with E-state index in [0.717, 1.165) is 22.3 Å². The van der Waals surface area contributed by atoms with Gasteiger partial charge in [0.2, 0.25) is 0 Å². The molecule has 0 spiro atoms. The molecule has 1 N–H and O–H groups in total. The molecule has 0 aliphatic heterocycles. The summed E-state index contributed by atoms with van der Waals surface area (Å²) < 4.78 is 0. The molecule has 2 aromatic rings. The van der Waals surface area contributed by atoms with Crippen molar-refractivity contribution < 1.29 is 9.90 Å². The highest BCUT2D eigenvalue weighted by molar-refractivity contribution is 5.90. The average Bonchev–Trinajstić information content (AvgIpc) is 2.28. The number of rotatable bonds is 2. The molecule has 0 atom stereocenters. The Bertz CT molecular complexity index is 576. The molecule has 0 saturated heterocycles. The summed E-state index contributed by atoms with van der Waals surface area (Å²) in [5.74, 6) is -0.892. The van der Waals surface area contributed by atoms with E-state index < -0.39 is 5.97 Å². The van der Waals surface area contributed by atoms with Crippen LogP contribution in [0.25, 0.3) is 11.1 Å². The molecule has 17 heavy (non-hydrogen) atoms. The Morgan fingerprint density at radius 1 is 1.12 bits per heavy atom. The zero-order chi connectivity index (χ0) is 12.4. The summed E-state index contributed by atoms with van der Waals surface area (Å²) in [7, 11) is 0. The molecule has 0 amide bonds. The van der Waals surface area contributed by atoms with Crippen molar-refractivity contribution in [2.75, 3.05) is 0 Å². The van der Waals surface area contributed by atoms with E-state index in [0.29, 0.717) is 5.56 Å². The molecule has 3 nitrogen and oxygen atoms in total. The number of pyridine rings is 1. The monoisotopic (exact) mass is 227 g/mol. The highest BCUT2D eigenvalue weighted by atomic mass is 16.4. The Morgan fingerprint density at radius 2 is 1.88 bits per heavy atom. The summed E-state index contributed by atoms with van der Waals surface area (Å²) in [6, 6.07) is 7.35. The largest absolute Gasteiger partial charge is 0.478 e. The first-order chi connectivity index (χ1) is 8.08. The number of hydrogen-bond acceptors (Lipinski definition) is 2. The summed E-state index contributed by atoms with van der Waals surface area (Å²) in [5, 5.41) is 8.96. The molecule has 86 valence electrons. The van der Waals surface area contributed by atoms with E-state index in [1.54, 1.807) is 25.4 Å². The Hall–Kier alpha value is -2.16. The van der Waals surface area contributed by atoms with Gasteiger partial charge in [0.1, 0.15) is 0 Å². The zero-order valence-corrected chi connectivity index (χ0v) is 9.77. The second-order valence-electron chi connectivity index (χ2n) is 4.09. The second kappa shape index (κ2) is 4.37. The van der Waals surface area contributed by atoms with Gasteiger partial charge >= 0.3 is 5.97 Å². The molecule has 0 aliphatic rings. The first-order valence-electron chi connectivity index (χ1n) is 5.34. The fourth-order valence-corrected chi connectivity index (χ4v) is 1.80. The standard InChI is InChI=1S/C14H13NO2/c1-9-5-12(8-15-7-9)11-3-4-13(14(16)17)10(2)6-11/h3-8H,1-2H3,(H,16,17). The maximum Gasteiger partial charge on any atom is 0.335 e. The SMILES string of the molecule is Cc1cncc(-c2ccc(C(=O)O)c(C)c2)c1. The number of aryl methyl sites for hydroxylation is 2. The lowest BCUT2D eigenvalue weighted by atomic mass is 10.0. The van der Waals surface area contributed by atoms with Gasteiger partial charge in [0.25, 0.3) is 0 Å². The quantitative estimate of drug-likeness (QED) is 0.857. The van der Waals surface area contributed by atoms with Crippen LogP contribution < -0.4 is 0 Å². The topological polar surface area (TPSA) is 50.2 Å². The van der Waals surface area contributed by atoms with Crippen LogP contribution in [-0.4, -0.2) is 16.1 Å². The van der Waals surface area contributed by atoms with E-state index in [2.05, 4.69) is 4.98 Å². The van der Waals surface area contributed by atoms with Gasteiger partial charge in [-0.25, -0.2) is 4.79 Å². The summed E-state index contributed by atoms with van der Waals surface area (Å²) in [5.41, 5.74) is 4.18. The van der Waals surface area contributed by atoms with E-state index in [1.165, 1.54) is 0 Å². The van der Waals surface area contributed by atoms with Gasteiger partial charge in [0.15, 0.2) is 0 Å². The minimum absolute atomic E-state index is 0.342. The Labute approximate surface area is 99.8 Å². The van der Waals surface area contributed by atoms with Crippen molar-refractivity contribution in [1.82, 2.24) is 4.98 Å². The molecular weight excluding hydrogens is 214 g/mol. The Morgan fingerprint density at radius 3 is 2.47 bits per heavy atom.